The van der Waals surface area contributed by atoms with Crippen LogP contribution in [-0.2, 0) is 65.4 Å². The van der Waals surface area contributed by atoms with Crippen LogP contribution in [0, 0.1) is 5.92 Å². The van der Waals surface area contributed by atoms with E-state index in [-0.39, 0.29) is 25.7 Å². The van der Waals surface area contributed by atoms with Crippen LogP contribution < -0.4 is 0 Å². The normalized spacial score (nSPS) is 14.2. The Hall–Kier alpha value is -1.94. The van der Waals surface area contributed by atoms with Gasteiger partial charge in [0.2, 0.25) is 0 Å². The highest BCUT2D eigenvalue weighted by atomic mass is 31.2. The van der Waals surface area contributed by atoms with Crippen LogP contribution in [0.15, 0.2) is 0 Å². The summed E-state index contributed by atoms with van der Waals surface area (Å²) in [6.45, 7) is 7.14. The zero-order chi connectivity index (χ0) is 61.3. The molecule has 0 aliphatic carbocycles. The molecular weight excluding hydrogens is 1100 g/mol. The van der Waals surface area contributed by atoms with Crippen molar-refractivity contribution < 1.29 is 80.2 Å². The first-order valence-electron chi connectivity index (χ1n) is 33.6. The molecular formula is C64H124O17P2. The molecule has 0 aromatic carbocycles. The van der Waals surface area contributed by atoms with E-state index in [1.165, 1.54) is 135 Å². The van der Waals surface area contributed by atoms with E-state index in [2.05, 4.69) is 34.6 Å². The lowest BCUT2D eigenvalue weighted by atomic mass is 10.0. The van der Waals surface area contributed by atoms with Gasteiger partial charge in [-0.05, 0) is 31.6 Å². The second-order valence-electron chi connectivity index (χ2n) is 23.6. The molecule has 0 aromatic rings. The number of hydrogen-bond acceptors (Lipinski definition) is 15. The largest absolute Gasteiger partial charge is 0.472 e. The second kappa shape index (κ2) is 57.8. The smallest absolute Gasteiger partial charge is 0.462 e. The molecule has 0 heterocycles. The summed E-state index contributed by atoms with van der Waals surface area (Å²) in [7, 11) is -9.88. The molecule has 17 nitrogen and oxygen atoms in total. The molecule has 19 heteroatoms. The minimum absolute atomic E-state index is 0.105. The van der Waals surface area contributed by atoms with Gasteiger partial charge in [-0.25, -0.2) is 9.13 Å². The number of rotatable bonds is 64. The number of ether oxygens (including phenoxy) is 4. The molecule has 0 fully saturated rings. The number of hydrogen-bond donors (Lipinski definition) is 3. The molecule has 0 amide bonds. The number of phosphoric ester groups is 2. The Balaban J connectivity index is 5.20. The Kier molecular flexibility index (Phi) is 56.4. The SMILES string of the molecule is CCCCCCCCCCCCCCCCC(=O)O[C@H](COC(=O)CCCCCCCCCCCCC(C)C)COP(=O)(O)OC[C@@H](O)COP(=O)(O)OC[C@@H](COC(=O)CCCCCCCCC)OC(=O)CCCCCCCCCCC. The van der Waals surface area contributed by atoms with Gasteiger partial charge in [0, 0.05) is 25.7 Å². The minimum Gasteiger partial charge on any atom is -0.462 e. The second-order valence-corrected chi connectivity index (χ2v) is 26.5. The van der Waals surface area contributed by atoms with Crippen LogP contribution in [0.1, 0.15) is 324 Å². The van der Waals surface area contributed by atoms with Gasteiger partial charge in [0.25, 0.3) is 0 Å². The van der Waals surface area contributed by atoms with Gasteiger partial charge in [-0.1, -0.05) is 272 Å². The zero-order valence-electron chi connectivity index (χ0n) is 53.3. The number of unbranched alkanes of at least 4 members (excludes halogenated alkanes) is 36. The molecule has 3 N–H and O–H groups in total. The Morgan fingerprint density at radius 2 is 0.554 bits per heavy atom. The summed E-state index contributed by atoms with van der Waals surface area (Å²) in [5, 5.41) is 10.5. The highest BCUT2D eigenvalue weighted by Gasteiger charge is 2.30. The van der Waals surface area contributed by atoms with Crippen molar-refractivity contribution in [3.05, 3.63) is 0 Å². The number of esters is 4. The number of aliphatic hydroxyl groups is 1. The van der Waals surface area contributed by atoms with Crippen molar-refractivity contribution in [3.8, 4) is 0 Å². The quantitative estimate of drug-likeness (QED) is 0.0222. The molecule has 5 atom stereocenters. The van der Waals surface area contributed by atoms with E-state index in [9.17, 15) is 43.2 Å². The summed E-state index contributed by atoms with van der Waals surface area (Å²) in [5.74, 6) is -1.38. The number of phosphoric acid groups is 2. The van der Waals surface area contributed by atoms with E-state index in [0.717, 1.165) is 109 Å². The molecule has 2 unspecified atom stereocenters. The molecule has 0 aliphatic rings. The van der Waals surface area contributed by atoms with Gasteiger partial charge in [-0.2, -0.15) is 0 Å². The first kappa shape index (κ1) is 81.1. The number of carbonyl (C=O) groups is 4. The number of carbonyl (C=O) groups excluding carboxylic acids is 4. The van der Waals surface area contributed by atoms with Crippen LogP contribution in [0.2, 0.25) is 0 Å². The highest BCUT2D eigenvalue weighted by Crippen LogP contribution is 2.45. The van der Waals surface area contributed by atoms with Gasteiger partial charge in [-0.15, -0.1) is 0 Å². The molecule has 0 aromatic heterocycles. The van der Waals surface area contributed by atoms with E-state index in [4.69, 9.17) is 37.0 Å². The van der Waals surface area contributed by atoms with Crippen molar-refractivity contribution in [1.82, 2.24) is 0 Å². The summed E-state index contributed by atoms with van der Waals surface area (Å²) in [6, 6.07) is 0. The van der Waals surface area contributed by atoms with Crippen LogP contribution in [0.25, 0.3) is 0 Å². The van der Waals surface area contributed by atoms with Gasteiger partial charge < -0.3 is 33.8 Å². The fourth-order valence-corrected chi connectivity index (χ4v) is 11.2. The fourth-order valence-electron chi connectivity index (χ4n) is 9.58. The van der Waals surface area contributed by atoms with E-state index in [1.54, 1.807) is 0 Å². The molecule has 0 aliphatic heterocycles. The maximum absolute atomic E-state index is 13.0. The molecule has 0 bridgehead atoms. The van der Waals surface area contributed by atoms with Crippen LogP contribution in [0.5, 0.6) is 0 Å². The molecule has 0 saturated carbocycles. The summed E-state index contributed by atoms with van der Waals surface area (Å²) < 4.78 is 67.9. The average Bonchev–Trinajstić information content (AvgIpc) is 3.50. The van der Waals surface area contributed by atoms with E-state index in [1.807, 2.05) is 0 Å². The molecule has 0 saturated heterocycles. The van der Waals surface area contributed by atoms with Gasteiger partial charge in [-0.3, -0.25) is 37.3 Å². The van der Waals surface area contributed by atoms with Crippen LogP contribution in [0.3, 0.4) is 0 Å². The molecule has 0 rings (SSSR count). The van der Waals surface area contributed by atoms with Crippen molar-refractivity contribution >= 4 is 39.5 Å². The fraction of sp³-hybridized carbons (Fsp3) is 0.938. The first-order valence-corrected chi connectivity index (χ1v) is 36.6. The van der Waals surface area contributed by atoms with Crippen LogP contribution in [-0.4, -0.2) is 96.7 Å². The van der Waals surface area contributed by atoms with Crippen molar-refractivity contribution in [1.29, 1.82) is 0 Å². The lowest BCUT2D eigenvalue weighted by molar-refractivity contribution is -0.161. The lowest BCUT2D eigenvalue weighted by Crippen LogP contribution is -2.30. The van der Waals surface area contributed by atoms with Gasteiger partial charge >= 0.3 is 39.5 Å². The van der Waals surface area contributed by atoms with E-state index < -0.39 is 97.5 Å². The maximum atomic E-state index is 13.0. The first-order chi connectivity index (χ1) is 40.0. The van der Waals surface area contributed by atoms with E-state index in [0.29, 0.717) is 25.7 Å². The Morgan fingerprint density at radius 3 is 0.819 bits per heavy atom. The molecule has 492 valence electrons. The van der Waals surface area contributed by atoms with Crippen LogP contribution in [0.4, 0.5) is 0 Å². The monoisotopic (exact) mass is 1230 g/mol. The topological polar surface area (TPSA) is 237 Å². The van der Waals surface area contributed by atoms with Crippen LogP contribution >= 0.6 is 15.6 Å². The van der Waals surface area contributed by atoms with Gasteiger partial charge in [0.15, 0.2) is 12.2 Å². The van der Waals surface area contributed by atoms with Crippen molar-refractivity contribution in [3.63, 3.8) is 0 Å². The highest BCUT2D eigenvalue weighted by molar-refractivity contribution is 7.47. The summed E-state index contributed by atoms with van der Waals surface area (Å²) in [4.78, 5) is 72.1. The molecule has 0 spiro atoms. The predicted octanol–water partition coefficient (Wildman–Crippen LogP) is 17.8. The Morgan fingerprint density at radius 1 is 0.325 bits per heavy atom. The van der Waals surface area contributed by atoms with Gasteiger partial charge in [0.1, 0.15) is 19.3 Å². The maximum Gasteiger partial charge on any atom is 0.472 e. The average molecular weight is 1230 g/mol. The predicted molar refractivity (Wildman–Crippen MR) is 331 cm³/mol. The standard InChI is InChI=1S/C64H124O17P2/c1-6-9-12-15-18-20-21-22-23-24-30-35-40-45-50-64(69)81-60(54-75-62(67)48-43-38-33-29-26-25-28-32-36-41-46-57(4)5)56-79-83(72,73)77-52-58(65)51-76-82(70,71)78-55-59(53-74-61(66)47-42-37-31-17-14-11-8-3)80-63(68)49-44-39-34-27-19-16-13-10-7-2/h57-60,65H,6-56H2,1-5H3,(H,70,71)(H,72,73)/t58-,59+,60+/m0/s1. The van der Waals surface area contributed by atoms with Crippen molar-refractivity contribution in [2.75, 3.05) is 39.6 Å². The zero-order valence-corrected chi connectivity index (χ0v) is 55.1. The molecule has 83 heavy (non-hydrogen) atoms. The number of aliphatic hydroxyl groups excluding tert-OH is 1. The minimum atomic E-state index is -4.94. The molecule has 0 radical (unpaired) electrons. The lowest BCUT2D eigenvalue weighted by Gasteiger charge is -2.21. The third-order valence-corrected chi connectivity index (χ3v) is 16.7. The summed E-state index contributed by atoms with van der Waals surface area (Å²) in [5.41, 5.74) is 0. The third kappa shape index (κ3) is 58.8. The Labute approximate surface area is 505 Å². The summed E-state index contributed by atoms with van der Waals surface area (Å²) in [6.07, 6.45) is 41.7. The van der Waals surface area contributed by atoms with Crippen molar-refractivity contribution in [2.45, 2.75) is 342 Å². The Bertz CT molecular complexity index is 1620. The summed E-state index contributed by atoms with van der Waals surface area (Å²) >= 11 is 0. The third-order valence-electron chi connectivity index (χ3n) is 14.8. The van der Waals surface area contributed by atoms with Crippen molar-refractivity contribution in [2.24, 2.45) is 5.92 Å². The van der Waals surface area contributed by atoms with Gasteiger partial charge in [0.05, 0.1) is 26.4 Å². The van der Waals surface area contributed by atoms with E-state index >= 15 is 0 Å².